The van der Waals surface area contributed by atoms with Crippen LogP contribution >= 0.6 is 0 Å². The number of nitrogens with one attached hydrogen (secondary N) is 1. The van der Waals surface area contributed by atoms with E-state index in [1.54, 1.807) is 11.0 Å². The molecule has 1 amide bonds. The fraction of sp³-hybridized carbons (Fsp3) is 0.278. The lowest BCUT2D eigenvalue weighted by Gasteiger charge is -2.30. The summed E-state index contributed by atoms with van der Waals surface area (Å²) in [6, 6.07) is 14.3. The van der Waals surface area contributed by atoms with Crippen molar-refractivity contribution in [1.82, 2.24) is 4.90 Å². The van der Waals surface area contributed by atoms with Crippen molar-refractivity contribution in [2.75, 3.05) is 11.9 Å². The van der Waals surface area contributed by atoms with Gasteiger partial charge in [-0.15, -0.1) is 0 Å². The molecular formula is C18H19FN2O. The Morgan fingerprint density at radius 1 is 1.23 bits per heavy atom. The molecule has 3 rings (SSSR count). The zero-order valence-corrected chi connectivity index (χ0v) is 12.7. The molecular weight excluding hydrogens is 279 g/mol. The van der Waals surface area contributed by atoms with Gasteiger partial charge in [0.15, 0.2) is 0 Å². The highest BCUT2D eigenvalue weighted by atomic mass is 19.1. The molecule has 1 N–H and O–H groups in total. The number of carbonyl (C=O) groups excluding carboxylic acids is 1. The van der Waals surface area contributed by atoms with E-state index in [1.165, 1.54) is 12.1 Å². The average Bonchev–Trinajstić information content (AvgIpc) is 2.65. The van der Waals surface area contributed by atoms with E-state index in [0.717, 1.165) is 5.56 Å². The normalized spacial score (nSPS) is 19.1. The zero-order valence-electron chi connectivity index (χ0n) is 12.7. The number of carbonyl (C=O) groups is 1. The van der Waals surface area contributed by atoms with Crippen molar-refractivity contribution in [1.29, 1.82) is 0 Å². The van der Waals surface area contributed by atoms with Crippen LogP contribution in [0.25, 0.3) is 0 Å². The standard InChI is InChI=1S/C18H19FN2O/c1-12-11-21(13(2)14-6-4-3-5-7-14)18(22)16-10-15(19)8-9-17(16)20-12/h3-10,12-13,20H,11H2,1-2H3/t12-,13-/m1/s1. The highest BCUT2D eigenvalue weighted by Crippen LogP contribution is 2.29. The molecule has 0 unspecified atom stereocenters. The monoisotopic (exact) mass is 298 g/mol. The molecule has 0 saturated carbocycles. The molecule has 114 valence electrons. The van der Waals surface area contributed by atoms with Gasteiger partial charge in [-0.3, -0.25) is 4.79 Å². The Bertz CT molecular complexity index is 687. The minimum Gasteiger partial charge on any atom is -0.380 e. The van der Waals surface area contributed by atoms with Crippen molar-refractivity contribution in [2.24, 2.45) is 0 Å². The van der Waals surface area contributed by atoms with Gasteiger partial charge >= 0.3 is 0 Å². The van der Waals surface area contributed by atoms with Crippen molar-refractivity contribution in [3.8, 4) is 0 Å². The van der Waals surface area contributed by atoms with Gasteiger partial charge < -0.3 is 10.2 Å². The van der Waals surface area contributed by atoms with Crippen LogP contribution in [-0.4, -0.2) is 23.4 Å². The second-order valence-electron chi connectivity index (χ2n) is 5.78. The van der Waals surface area contributed by atoms with Gasteiger partial charge in [0.1, 0.15) is 5.82 Å². The number of rotatable bonds is 2. The van der Waals surface area contributed by atoms with Crippen LogP contribution in [0.1, 0.15) is 35.8 Å². The van der Waals surface area contributed by atoms with E-state index < -0.39 is 5.82 Å². The molecule has 4 heteroatoms. The third-order valence-electron chi connectivity index (χ3n) is 4.09. The van der Waals surface area contributed by atoms with Gasteiger partial charge in [-0.2, -0.15) is 0 Å². The number of nitrogens with zero attached hydrogens (tertiary/aromatic N) is 1. The molecule has 0 spiro atoms. The Balaban J connectivity index is 2.00. The number of fused-ring (bicyclic) bond motifs is 1. The minimum atomic E-state index is -0.393. The Morgan fingerprint density at radius 2 is 1.95 bits per heavy atom. The Labute approximate surface area is 129 Å². The largest absolute Gasteiger partial charge is 0.380 e. The number of halogens is 1. The summed E-state index contributed by atoms with van der Waals surface area (Å²) in [5.74, 6) is -0.529. The van der Waals surface area contributed by atoms with E-state index >= 15 is 0 Å². The van der Waals surface area contributed by atoms with Crippen LogP contribution in [0.3, 0.4) is 0 Å². The van der Waals surface area contributed by atoms with Gasteiger partial charge in [-0.25, -0.2) is 4.39 Å². The van der Waals surface area contributed by atoms with Crippen molar-refractivity contribution < 1.29 is 9.18 Å². The number of hydrogen-bond acceptors (Lipinski definition) is 2. The van der Waals surface area contributed by atoms with Crippen LogP contribution in [0.2, 0.25) is 0 Å². The molecule has 2 atom stereocenters. The molecule has 0 aliphatic carbocycles. The van der Waals surface area contributed by atoms with Crippen molar-refractivity contribution in [3.63, 3.8) is 0 Å². The first-order valence-electron chi connectivity index (χ1n) is 7.48. The lowest BCUT2D eigenvalue weighted by atomic mass is 10.1. The van der Waals surface area contributed by atoms with Gasteiger partial charge in [0, 0.05) is 18.3 Å². The highest BCUT2D eigenvalue weighted by Gasteiger charge is 2.29. The van der Waals surface area contributed by atoms with Gasteiger partial charge in [-0.05, 0) is 37.6 Å². The third-order valence-corrected chi connectivity index (χ3v) is 4.09. The number of amides is 1. The second-order valence-corrected chi connectivity index (χ2v) is 5.78. The summed E-state index contributed by atoms with van der Waals surface area (Å²) in [5.41, 5.74) is 2.16. The fourth-order valence-electron chi connectivity index (χ4n) is 2.91. The van der Waals surface area contributed by atoms with E-state index in [-0.39, 0.29) is 18.0 Å². The van der Waals surface area contributed by atoms with Crippen LogP contribution in [0.5, 0.6) is 0 Å². The summed E-state index contributed by atoms with van der Waals surface area (Å²) < 4.78 is 13.6. The maximum Gasteiger partial charge on any atom is 0.256 e. The first-order valence-corrected chi connectivity index (χ1v) is 7.48. The SMILES string of the molecule is C[C@@H]1CN([C@H](C)c2ccccc2)C(=O)c2cc(F)ccc2N1. The maximum absolute atomic E-state index is 13.6. The minimum absolute atomic E-state index is 0.0628. The van der Waals surface area contributed by atoms with Crippen LogP contribution in [0.4, 0.5) is 10.1 Å². The zero-order chi connectivity index (χ0) is 15.7. The molecule has 0 fully saturated rings. The van der Waals surface area contributed by atoms with E-state index in [9.17, 15) is 9.18 Å². The van der Waals surface area contributed by atoms with E-state index in [2.05, 4.69) is 5.32 Å². The van der Waals surface area contributed by atoms with Crippen LogP contribution < -0.4 is 5.32 Å². The predicted octanol–water partition coefficient (Wildman–Crippen LogP) is 3.84. The summed E-state index contributed by atoms with van der Waals surface area (Å²) in [6.45, 7) is 4.60. The molecule has 1 heterocycles. The summed E-state index contributed by atoms with van der Waals surface area (Å²) in [4.78, 5) is 14.7. The van der Waals surface area contributed by atoms with Crippen LogP contribution in [-0.2, 0) is 0 Å². The molecule has 22 heavy (non-hydrogen) atoms. The number of anilines is 1. The van der Waals surface area contributed by atoms with Crippen molar-refractivity contribution in [3.05, 3.63) is 65.5 Å². The Morgan fingerprint density at radius 3 is 2.68 bits per heavy atom. The molecule has 1 aliphatic heterocycles. The van der Waals surface area contributed by atoms with Gasteiger partial charge in [0.25, 0.3) is 5.91 Å². The van der Waals surface area contributed by atoms with E-state index in [4.69, 9.17) is 0 Å². The smallest absolute Gasteiger partial charge is 0.256 e. The molecule has 1 aliphatic rings. The Hall–Kier alpha value is -2.36. The van der Waals surface area contributed by atoms with Crippen molar-refractivity contribution >= 4 is 11.6 Å². The first kappa shape index (κ1) is 14.6. The van der Waals surface area contributed by atoms with Gasteiger partial charge in [-0.1, -0.05) is 30.3 Å². The molecule has 3 nitrogen and oxygen atoms in total. The van der Waals surface area contributed by atoms with E-state index in [0.29, 0.717) is 17.8 Å². The lowest BCUT2D eigenvalue weighted by Crippen LogP contribution is -2.38. The number of hydrogen-bond donors (Lipinski definition) is 1. The molecule has 0 aromatic heterocycles. The third kappa shape index (κ3) is 2.69. The van der Waals surface area contributed by atoms with Crippen LogP contribution in [0.15, 0.2) is 48.5 Å². The van der Waals surface area contributed by atoms with E-state index in [1.807, 2.05) is 44.2 Å². The molecule has 2 aromatic carbocycles. The lowest BCUT2D eigenvalue weighted by molar-refractivity contribution is 0.0692. The summed E-state index contributed by atoms with van der Waals surface area (Å²) in [7, 11) is 0. The Kier molecular flexibility index (Phi) is 3.84. The topological polar surface area (TPSA) is 32.3 Å². The van der Waals surface area contributed by atoms with Gasteiger partial charge in [0.05, 0.1) is 11.6 Å². The summed E-state index contributed by atoms with van der Waals surface area (Å²) >= 11 is 0. The van der Waals surface area contributed by atoms with Gasteiger partial charge in [0.2, 0.25) is 0 Å². The quantitative estimate of drug-likeness (QED) is 0.913. The number of benzene rings is 2. The average molecular weight is 298 g/mol. The maximum atomic E-state index is 13.6. The molecule has 2 aromatic rings. The van der Waals surface area contributed by atoms with Crippen molar-refractivity contribution in [2.45, 2.75) is 25.9 Å². The predicted molar refractivity (Wildman–Crippen MR) is 85.4 cm³/mol. The molecule has 0 bridgehead atoms. The van der Waals surface area contributed by atoms with Crippen LogP contribution in [0, 0.1) is 5.82 Å². The first-order chi connectivity index (χ1) is 10.6. The summed E-state index contributed by atoms with van der Waals surface area (Å²) in [6.07, 6.45) is 0. The summed E-state index contributed by atoms with van der Waals surface area (Å²) in [5, 5.41) is 3.29. The second kappa shape index (κ2) is 5.79. The molecule has 0 saturated heterocycles. The molecule has 0 radical (unpaired) electrons. The fourth-order valence-corrected chi connectivity index (χ4v) is 2.91. The highest BCUT2D eigenvalue weighted by molar-refractivity contribution is 6.00.